The Morgan fingerprint density at radius 2 is 1.45 bits per heavy atom. The van der Waals surface area contributed by atoms with Crippen LogP contribution < -0.4 is 19.5 Å². The Morgan fingerprint density at radius 3 is 2.00 bits per heavy atom. The van der Waals surface area contributed by atoms with E-state index in [2.05, 4.69) is 5.32 Å². The van der Waals surface area contributed by atoms with Gasteiger partial charge in [0.05, 0.1) is 14.2 Å². The van der Waals surface area contributed by atoms with Crippen LogP contribution in [-0.4, -0.2) is 49.1 Å². The van der Waals surface area contributed by atoms with Crippen LogP contribution in [0.15, 0.2) is 72.8 Å². The fraction of sp³-hybridized carbons (Fsp3) is 0.333. The second-order valence-corrected chi connectivity index (χ2v) is 9.93. The molecule has 0 radical (unpaired) electrons. The summed E-state index contributed by atoms with van der Waals surface area (Å²) >= 11 is 0. The third-order valence-electron chi connectivity index (χ3n) is 5.72. The van der Waals surface area contributed by atoms with Gasteiger partial charge in [-0.1, -0.05) is 42.5 Å². The number of rotatable bonds is 11. The normalized spacial score (nSPS) is 11.8. The lowest BCUT2D eigenvalue weighted by Crippen LogP contribution is -2.55. The fourth-order valence-electron chi connectivity index (χ4n) is 3.89. The molecule has 1 N–H and O–H groups in total. The summed E-state index contributed by atoms with van der Waals surface area (Å²) < 4.78 is 30.0. The minimum atomic E-state index is -0.836. The Balaban J connectivity index is 1.93. The summed E-state index contributed by atoms with van der Waals surface area (Å²) in [7, 11) is 3.05. The molecule has 0 fully saturated rings. The molecule has 0 aliphatic carbocycles. The van der Waals surface area contributed by atoms with E-state index in [1.165, 1.54) is 31.3 Å². The molecule has 0 bridgehead atoms. The molecule has 0 aliphatic heterocycles. The summed E-state index contributed by atoms with van der Waals surface area (Å²) in [5, 5.41) is 3.01. The van der Waals surface area contributed by atoms with Crippen LogP contribution in [0.2, 0.25) is 0 Å². The highest BCUT2D eigenvalue weighted by Gasteiger charge is 2.32. The molecule has 0 unspecified atom stereocenters. The molecular weight excluding hydrogens is 487 g/mol. The molecule has 2 amide bonds. The highest BCUT2D eigenvalue weighted by atomic mass is 19.1. The third kappa shape index (κ3) is 8.50. The molecule has 8 heteroatoms. The number of hydrogen-bond acceptors (Lipinski definition) is 5. The Kier molecular flexibility index (Phi) is 9.71. The van der Waals surface area contributed by atoms with Crippen molar-refractivity contribution in [2.75, 3.05) is 20.8 Å². The van der Waals surface area contributed by atoms with Crippen LogP contribution >= 0.6 is 0 Å². The highest BCUT2D eigenvalue weighted by Crippen LogP contribution is 2.27. The second-order valence-electron chi connectivity index (χ2n) is 9.93. The number of hydrogen-bond donors (Lipinski definition) is 1. The van der Waals surface area contributed by atoms with E-state index in [-0.39, 0.29) is 24.9 Å². The zero-order valence-corrected chi connectivity index (χ0v) is 22.5. The quantitative estimate of drug-likeness (QED) is 0.392. The predicted octanol–water partition coefficient (Wildman–Crippen LogP) is 4.78. The average molecular weight is 523 g/mol. The molecule has 0 spiro atoms. The van der Waals surface area contributed by atoms with Crippen LogP contribution in [0.5, 0.6) is 17.2 Å². The van der Waals surface area contributed by atoms with Crippen LogP contribution in [0.25, 0.3) is 0 Å². The Morgan fingerprint density at radius 1 is 0.868 bits per heavy atom. The van der Waals surface area contributed by atoms with Gasteiger partial charge in [-0.05, 0) is 44.0 Å². The standard InChI is InChI=1S/C30H35FN2O5/c1-30(2,3)32-29(35)27(15-21-9-7-6-8-10-21)33(19-22-11-13-23(31)14-12-22)28(34)20-38-26-17-24(36-4)16-25(18-26)37-5/h6-14,16-18,27H,15,19-20H2,1-5H3,(H,32,35)/t27-/m1/s1. The number of carbonyl (C=O) groups excluding carboxylic acids is 2. The summed E-state index contributed by atoms with van der Waals surface area (Å²) in [6, 6.07) is 19.5. The summed E-state index contributed by atoms with van der Waals surface area (Å²) in [6.45, 7) is 5.42. The number of nitrogens with zero attached hydrogens (tertiary/aromatic N) is 1. The topological polar surface area (TPSA) is 77.1 Å². The van der Waals surface area contributed by atoms with Gasteiger partial charge in [0.25, 0.3) is 5.91 Å². The Labute approximate surface area is 223 Å². The number of amides is 2. The smallest absolute Gasteiger partial charge is 0.261 e. The summed E-state index contributed by atoms with van der Waals surface area (Å²) in [6.07, 6.45) is 0.294. The maximum absolute atomic E-state index is 13.7. The number of carbonyl (C=O) groups is 2. The van der Waals surface area contributed by atoms with Crippen molar-refractivity contribution in [2.24, 2.45) is 0 Å². The van der Waals surface area contributed by atoms with E-state index in [9.17, 15) is 14.0 Å². The first-order valence-electron chi connectivity index (χ1n) is 12.3. The van der Waals surface area contributed by atoms with Crippen molar-refractivity contribution in [1.82, 2.24) is 10.2 Å². The van der Waals surface area contributed by atoms with Crippen molar-refractivity contribution in [1.29, 1.82) is 0 Å². The Bertz CT molecular complexity index is 1190. The van der Waals surface area contributed by atoms with Crippen LogP contribution in [0.4, 0.5) is 4.39 Å². The molecule has 0 saturated carbocycles. The molecule has 3 rings (SSSR count). The SMILES string of the molecule is COc1cc(OC)cc(OCC(=O)N(Cc2ccc(F)cc2)[C@H](Cc2ccccc2)C(=O)NC(C)(C)C)c1. The van der Waals surface area contributed by atoms with Gasteiger partial charge in [-0.3, -0.25) is 9.59 Å². The zero-order valence-electron chi connectivity index (χ0n) is 22.5. The second kappa shape index (κ2) is 12.9. The summed E-state index contributed by atoms with van der Waals surface area (Å²) in [4.78, 5) is 28.7. The van der Waals surface area contributed by atoms with E-state index < -0.39 is 17.5 Å². The number of benzene rings is 3. The maximum Gasteiger partial charge on any atom is 0.261 e. The molecule has 3 aromatic carbocycles. The predicted molar refractivity (Wildman–Crippen MR) is 144 cm³/mol. The van der Waals surface area contributed by atoms with Crippen molar-refractivity contribution < 1.29 is 28.2 Å². The third-order valence-corrected chi connectivity index (χ3v) is 5.72. The molecule has 3 aromatic rings. The van der Waals surface area contributed by atoms with Gasteiger partial charge in [-0.2, -0.15) is 0 Å². The summed E-state index contributed by atoms with van der Waals surface area (Å²) in [5.41, 5.74) is 1.07. The van der Waals surface area contributed by atoms with Gasteiger partial charge in [-0.25, -0.2) is 4.39 Å². The first kappa shape index (κ1) is 28.5. The van der Waals surface area contributed by atoms with Crippen LogP contribution in [0.3, 0.4) is 0 Å². The number of ether oxygens (including phenoxy) is 3. The number of halogens is 1. The van der Waals surface area contributed by atoms with Gasteiger partial charge < -0.3 is 24.4 Å². The molecule has 202 valence electrons. The molecule has 38 heavy (non-hydrogen) atoms. The first-order chi connectivity index (χ1) is 18.1. The van der Waals surface area contributed by atoms with Crippen molar-refractivity contribution in [2.45, 2.75) is 45.3 Å². The van der Waals surface area contributed by atoms with Crippen LogP contribution in [0.1, 0.15) is 31.9 Å². The molecular formula is C30H35FN2O5. The monoisotopic (exact) mass is 522 g/mol. The van der Waals surface area contributed by atoms with E-state index >= 15 is 0 Å². The van der Waals surface area contributed by atoms with Gasteiger partial charge in [0.1, 0.15) is 29.1 Å². The van der Waals surface area contributed by atoms with Gasteiger partial charge in [-0.15, -0.1) is 0 Å². The van der Waals surface area contributed by atoms with E-state index in [0.29, 0.717) is 29.2 Å². The molecule has 0 saturated heterocycles. The molecule has 0 aromatic heterocycles. The minimum Gasteiger partial charge on any atom is -0.496 e. The fourth-order valence-corrected chi connectivity index (χ4v) is 3.89. The van der Waals surface area contributed by atoms with Crippen LogP contribution in [-0.2, 0) is 22.6 Å². The van der Waals surface area contributed by atoms with Crippen molar-refractivity contribution >= 4 is 11.8 Å². The van der Waals surface area contributed by atoms with Gasteiger partial charge in [0.15, 0.2) is 6.61 Å². The molecule has 0 heterocycles. The lowest BCUT2D eigenvalue weighted by Gasteiger charge is -2.33. The average Bonchev–Trinajstić information content (AvgIpc) is 2.89. The van der Waals surface area contributed by atoms with Gasteiger partial charge in [0, 0.05) is 36.7 Å². The van der Waals surface area contributed by atoms with E-state index in [1.807, 2.05) is 51.1 Å². The van der Waals surface area contributed by atoms with Gasteiger partial charge in [0.2, 0.25) is 5.91 Å². The van der Waals surface area contributed by atoms with Crippen LogP contribution in [0, 0.1) is 5.82 Å². The van der Waals surface area contributed by atoms with Crippen molar-refractivity contribution in [3.63, 3.8) is 0 Å². The molecule has 0 aliphatic rings. The molecule has 1 atom stereocenters. The minimum absolute atomic E-state index is 0.0962. The first-order valence-corrected chi connectivity index (χ1v) is 12.3. The largest absolute Gasteiger partial charge is 0.496 e. The summed E-state index contributed by atoms with van der Waals surface area (Å²) in [5.74, 6) is 0.340. The van der Waals surface area contributed by atoms with Gasteiger partial charge >= 0.3 is 0 Å². The molecule has 7 nitrogen and oxygen atoms in total. The van der Waals surface area contributed by atoms with E-state index in [1.54, 1.807) is 30.3 Å². The zero-order chi connectivity index (χ0) is 27.7. The van der Waals surface area contributed by atoms with Crippen molar-refractivity contribution in [3.8, 4) is 17.2 Å². The van der Waals surface area contributed by atoms with Crippen molar-refractivity contribution in [3.05, 3.63) is 89.7 Å². The maximum atomic E-state index is 13.7. The lowest BCUT2D eigenvalue weighted by atomic mass is 10.0. The number of methoxy groups -OCH3 is 2. The number of nitrogens with one attached hydrogen (secondary N) is 1. The highest BCUT2D eigenvalue weighted by molar-refractivity contribution is 5.89. The lowest BCUT2D eigenvalue weighted by molar-refractivity contribution is -0.143. The van der Waals surface area contributed by atoms with E-state index in [0.717, 1.165) is 5.56 Å². The van der Waals surface area contributed by atoms with E-state index in [4.69, 9.17) is 14.2 Å². The Hall–Kier alpha value is -4.07.